The van der Waals surface area contributed by atoms with Crippen molar-refractivity contribution in [3.8, 4) is 11.5 Å². The first-order valence-electron chi connectivity index (χ1n) is 10.7. The van der Waals surface area contributed by atoms with E-state index in [4.69, 9.17) is 33.3 Å². The van der Waals surface area contributed by atoms with Gasteiger partial charge in [0.2, 0.25) is 0 Å². The Morgan fingerprint density at radius 3 is 2.58 bits per heavy atom. The minimum atomic E-state index is -0.290. The quantitative estimate of drug-likeness (QED) is 0.236. The Kier molecular flexibility index (Phi) is 8.35. The van der Waals surface area contributed by atoms with E-state index in [0.717, 1.165) is 15.6 Å². The number of carbonyl (C=O) groups excluding carboxylic acids is 2. The van der Waals surface area contributed by atoms with E-state index in [9.17, 15) is 9.59 Å². The van der Waals surface area contributed by atoms with Crippen LogP contribution in [-0.4, -0.2) is 29.9 Å². The lowest BCUT2D eigenvalue weighted by atomic mass is 10.2. The maximum atomic E-state index is 13.1. The third-order valence-corrected chi connectivity index (χ3v) is 7.67. The second-order valence-corrected chi connectivity index (χ2v) is 10.7. The molecule has 0 bridgehead atoms. The molecule has 4 rings (SSSR count). The average Bonchev–Trinajstić information content (AvgIpc) is 3.13. The van der Waals surface area contributed by atoms with E-state index in [1.165, 1.54) is 23.8 Å². The molecule has 184 valence electrons. The Bertz CT molecular complexity index is 1380. The highest BCUT2D eigenvalue weighted by molar-refractivity contribution is 9.10. The van der Waals surface area contributed by atoms with Crippen molar-refractivity contribution in [2.45, 2.75) is 6.92 Å². The van der Waals surface area contributed by atoms with Gasteiger partial charge < -0.3 is 14.8 Å². The molecule has 3 aromatic carbocycles. The highest BCUT2D eigenvalue weighted by Gasteiger charge is 2.33. The van der Waals surface area contributed by atoms with Crippen molar-refractivity contribution in [2.75, 3.05) is 23.9 Å². The van der Waals surface area contributed by atoms with E-state index in [2.05, 4.69) is 21.2 Å². The maximum absolute atomic E-state index is 13.1. The Morgan fingerprint density at radius 1 is 1.14 bits per heavy atom. The van der Waals surface area contributed by atoms with Crippen LogP contribution in [0.3, 0.4) is 0 Å². The number of hydrogen-bond donors (Lipinski definition) is 1. The number of halogens is 2. The number of rotatable bonds is 7. The zero-order chi connectivity index (χ0) is 25.8. The van der Waals surface area contributed by atoms with Crippen molar-refractivity contribution in [1.82, 2.24) is 0 Å². The van der Waals surface area contributed by atoms with Crippen LogP contribution in [0.25, 0.3) is 6.08 Å². The first-order valence-corrected chi connectivity index (χ1v) is 13.0. The number of thioether (sulfide) groups is 1. The SMILES string of the molecule is COc1cc(C=C2SC(=S)N(c3ccc(Br)c(Cl)c3)C2=O)ccc1OCC(=O)Nc1ccc(C)cc1. The summed E-state index contributed by atoms with van der Waals surface area (Å²) >= 11 is 16.2. The molecule has 1 fully saturated rings. The first-order chi connectivity index (χ1) is 17.2. The normalized spacial score (nSPS) is 14.3. The summed E-state index contributed by atoms with van der Waals surface area (Å²) in [5.74, 6) is 0.310. The Balaban J connectivity index is 1.45. The van der Waals surface area contributed by atoms with Crippen LogP contribution in [0.15, 0.2) is 70.0 Å². The third kappa shape index (κ3) is 6.10. The third-order valence-electron chi connectivity index (χ3n) is 5.13. The number of nitrogens with one attached hydrogen (secondary N) is 1. The summed E-state index contributed by atoms with van der Waals surface area (Å²) in [6.07, 6.45) is 1.73. The van der Waals surface area contributed by atoms with Gasteiger partial charge in [-0.2, -0.15) is 0 Å². The van der Waals surface area contributed by atoms with Gasteiger partial charge in [0.05, 0.1) is 22.7 Å². The van der Waals surface area contributed by atoms with Crippen LogP contribution in [0.4, 0.5) is 11.4 Å². The number of nitrogens with zero attached hydrogens (tertiary/aromatic N) is 1. The maximum Gasteiger partial charge on any atom is 0.270 e. The topological polar surface area (TPSA) is 67.9 Å². The number of amides is 2. The minimum Gasteiger partial charge on any atom is -0.493 e. The van der Waals surface area contributed by atoms with Gasteiger partial charge in [0, 0.05) is 10.2 Å². The number of aryl methyl sites for hydroxylation is 1. The molecule has 0 unspecified atom stereocenters. The van der Waals surface area contributed by atoms with E-state index in [1.54, 1.807) is 42.5 Å². The summed E-state index contributed by atoms with van der Waals surface area (Å²) in [4.78, 5) is 27.3. The highest BCUT2D eigenvalue weighted by atomic mass is 79.9. The zero-order valence-corrected chi connectivity index (χ0v) is 23.2. The summed E-state index contributed by atoms with van der Waals surface area (Å²) in [6, 6.07) is 17.9. The number of hydrogen-bond acceptors (Lipinski definition) is 6. The number of ether oxygens (including phenoxy) is 2. The molecular weight excluding hydrogens is 584 g/mol. The van der Waals surface area contributed by atoms with Crippen LogP contribution in [0.2, 0.25) is 5.02 Å². The lowest BCUT2D eigenvalue weighted by molar-refractivity contribution is -0.118. The standard InChI is InChI=1S/C26H20BrClN2O4S2/c1-15-3-6-17(7-4-15)29-24(31)14-34-21-10-5-16(11-22(21)33-2)12-23-25(32)30(26(35)36-23)18-8-9-19(27)20(28)13-18/h3-13H,14H2,1-2H3,(H,29,31). The predicted octanol–water partition coefficient (Wildman–Crippen LogP) is 6.84. The molecule has 1 saturated heterocycles. The molecule has 0 saturated carbocycles. The van der Waals surface area contributed by atoms with Crippen molar-refractivity contribution in [2.24, 2.45) is 0 Å². The molecule has 0 aromatic heterocycles. The number of carbonyl (C=O) groups is 2. The minimum absolute atomic E-state index is 0.183. The Labute approximate surface area is 231 Å². The van der Waals surface area contributed by atoms with Crippen LogP contribution < -0.4 is 19.7 Å². The molecule has 0 atom stereocenters. The second-order valence-electron chi connectivity index (χ2n) is 7.73. The molecule has 10 heteroatoms. The lowest BCUT2D eigenvalue weighted by Gasteiger charge is -2.15. The predicted molar refractivity (Wildman–Crippen MR) is 153 cm³/mol. The van der Waals surface area contributed by atoms with E-state index < -0.39 is 0 Å². The summed E-state index contributed by atoms with van der Waals surface area (Å²) in [5.41, 5.74) is 3.12. The van der Waals surface area contributed by atoms with Crippen LogP contribution in [0.1, 0.15) is 11.1 Å². The molecular formula is C26H20BrClN2O4S2. The Morgan fingerprint density at radius 2 is 1.89 bits per heavy atom. The van der Waals surface area contributed by atoms with Crippen molar-refractivity contribution < 1.29 is 19.1 Å². The van der Waals surface area contributed by atoms with E-state index in [-0.39, 0.29) is 18.4 Å². The second kappa shape index (κ2) is 11.5. The van der Waals surface area contributed by atoms with Gasteiger partial charge in [0.25, 0.3) is 11.8 Å². The largest absolute Gasteiger partial charge is 0.493 e. The van der Waals surface area contributed by atoms with Gasteiger partial charge in [-0.25, -0.2) is 0 Å². The zero-order valence-electron chi connectivity index (χ0n) is 19.2. The van der Waals surface area contributed by atoms with Gasteiger partial charge in [-0.05, 0) is 77.0 Å². The van der Waals surface area contributed by atoms with Crippen molar-refractivity contribution >= 4 is 85.1 Å². The van der Waals surface area contributed by atoms with Crippen LogP contribution in [0, 0.1) is 6.92 Å². The van der Waals surface area contributed by atoms with Gasteiger partial charge in [0.15, 0.2) is 22.4 Å². The molecule has 0 spiro atoms. The molecule has 6 nitrogen and oxygen atoms in total. The first kappa shape index (κ1) is 26.2. The molecule has 3 aromatic rings. The summed E-state index contributed by atoms with van der Waals surface area (Å²) in [6.45, 7) is 1.79. The van der Waals surface area contributed by atoms with E-state index >= 15 is 0 Å². The van der Waals surface area contributed by atoms with Gasteiger partial charge in [0.1, 0.15) is 0 Å². The molecule has 1 aliphatic rings. The summed E-state index contributed by atoms with van der Waals surface area (Å²) < 4.78 is 12.3. The van der Waals surface area contributed by atoms with Gasteiger partial charge in [-0.15, -0.1) is 0 Å². The summed E-state index contributed by atoms with van der Waals surface area (Å²) in [5, 5.41) is 3.27. The van der Waals surface area contributed by atoms with Crippen molar-refractivity contribution in [3.05, 3.63) is 86.2 Å². The van der Waals surface area contributed by atoms with E-state index in [0.29, 0.717) is 37.1 Å². The smallest absolute Gasteiger partial charge is 0.270 e. The van der Waals surface area contributed by atoms with Crippen LogP contribution >= 0.6 is 51.5 Å². The van der Waals surface area contributed by atoms with Gasteiger partial charge in [-0.3, -0.25) is 14.5 Å². The number of anilines is 2. The molecule has 0 aliphatic carbocycles. The fraction of sp³-hybridized carbons (Fsp3) is 0.115. The molecule has 2 amide bonds. The molecule has 0 radical (unpaired) electrons. The molecule has 1 N–H and O–H groups in total. The molecule has 1 heterocycles. The number of thiocarbonyl (C=S) groups is 1. The highest BCUT2D eigenvalue weighted by Crippen LogP contribution is 2.38. The fourth-order valence-corrected chi connectivity index (χ4v) is 5.06. The molecule has 36 heavy (non-hydrogen) atoms. The van der Waals surface area contributed by atoms with Gasteiger partial charge in [-0.1, -0.05) is 59.3 Å². The van der Waals surface area contributed by atoms with Crippen molar-refractivity contribution in [3.63, 3.8) is 0 Å². The number of benzene rings is 3. The molecule has 1 aliphatic heterocycles. The van der Waals surface area contributed by atoms with Gasteiger partial charge >= 0.3 is 0 Å². The van der Waals surface area contributed by atoms with E-state index in [1.807, 2.05) is 31.2 Å². The van der Waals surface area contributed by atoms with Crippen molar-refractivity contribution in [1.29, 1.82) is 0 Å². The van der Waals surface area contributed by atoms with Crippen LogP contribution in [0.5, 0.6) is 11.5 Å². The fourth-order valence-electron chi connectivity index (χ4n) is 3.34. The monoisotopic (exact) mass is 602 g/mol. The van der Waals surface area contributed by atoms with Crippen LogP contribution in [-0.2, 0) is 9.59 Å². The lowest BCUT2D eigenvalue weighted by Crippen LogP contribution is -2.27. The number of methoxy groups -OCH3 is 1. The Hall–Kier alpha value is -2.85. The summed E-state index contributed by atoms with van der Waals surface area (Å²) in [7, 11) is 1.51. The average molecular weight is 604 g/mol.